The number of pyridine rings is 1. The van der Waals surface area contributed by atoms with Crippen molar-refractivity contribution < 1.29 is 4.79 Å². The van der Waals surface area contributed by atoms with Gasteiger partial charge in [-0.1, -0.05) is 13.8 Å². The van der Waals surface area contributed by atoms with E-state index in [2.05, 4.69) is 26.2 Å². The number of nitrogens with one attached hydrogen (secondary N) is 1. The van der Waals surface area contributed by atoms with Gasteiger partial charge in [0.15, 0.2) is 0 Å². The van der Waals surface area contributed by atoms with Crippen molar-refractivity contribution in [2.75, 3.05) is 11.1 Å². The number of carbonyl (C=O) groups excluding carboxylic acids is 1. The number of rotatable bonds is 4. The highest BCUT2D eigenvalue weighted by Crippen LogP contribution is 2.28. The van der Waals surface area contributed by atoms with Gasteiger partial charge in [0.05, 0.1) is 22.0 Å². The molecule has 1 rings (SSSR count). The zero-order valence-electron chi connectivity index (χ0n) is 9.20. The van der Waals surface area contributed by atoms with Crippen molar-refractivity contribution in [3.63, 3.8) is 0 Å². The summed E-state index contributed by atoms with van der Waals surface area (Å²) in [5, 5.41) is 3.03. The lowest BCUT2D eigenvalue weighted by Gasteiger charge is -2.21. The molecule has 1 aromatic heterocycles. The number of anilines is 2. The number of halogens is 1. The summed E-state index contributed by atoms with van der Waals surface area (Å²) in [7, 11) is 0. The third-order valence-electron chi connectivity index (χ3n) is 2.20. The number of hydrogen-bond donors (Lipinski definition) is 3. The van der Waals surface area contributed by atoms with E-state index in [1.54, 1.807) is 6.20 Å². The fourth-order valence-electron chi connectivity index (χ4n) is 1.32. The van der Waals surface area contributed by atoms with Crippen molar-refractivity contribution in [2.45, 2.75) is 19.9 Å². The van der Waals surface area contributed by atoms with Crippen LogP contribution in [0.15, 0.2) is 16.9 Å². The molecule has 0 saturated carbocycles. The smallest absolute Gasteiger partial charge is 0.240 e. The first-order valence-corrected chi connectivity index (χ1v) is 5.67. The van der Waals surface area contributed by atoms with Gasteiger partial charge in [-0.25, -0.2) is 0 Å². The van der Waals surface area contributed by atoms with Gasteiger partial charge in [-0.3, -0.25) is 9.78 Å². The van der Waals surface area contributed by atoms with Crippen LogP contribution in [0.2, 0.25) is 0 Å². The molecule has 5 N–H and O–H groups in total. The third kappa shape index (κ3) is 2.85. The molecule has 1 heterocycles. The van der Waals surface area contributed by atoms with Crippen LogP contribution in [0.5, 0.6) is 0 Å². The van der Waals surface area contributed by atoms with Gasteiger partial charge in [0.25, 0.3) is 0 Å². The van der Waals surface area contributed by atoms with E-state index in [9.17, 15) is 4.79 Å². The van der Waals surface area contributed by atoms with Crippen molar-refractivity contribution >= 4 is 33.2 Å². The van der Waals surface area contributed by atoms with Crippen LogP contribution >= 0.6 is 15.9 Å². The maximum atomic E-state index is 11.3. The zero-order valence-corrected chi connectivity index (χ0v) is 10.8. The van der Waals surface area contributed by atoms with E-state index in [0.717, 1.165) is 0 Å². The van der Waals surface area contributed by atoms with Crippen LogP contribution in [0, 0.1) is 5.92 Å². The van der Waals surface area contributed by atoms with Crippen molar-refractivity contribution in [3.8, 4) is 0 Å². The predicted molar refractivity (Wildman–Crippen MR) is 67.8 cm³/mol. The molecule has 1 unspecified atom stereocenters. The van der Waals surface area contributed by atoms with Crippen molar-refractivity contribution in [2.24, 2.45) is 11.7 Å². The summed E-state index contributed by atoms with van der Waals surface area (Å²) in [5.74, 6) is -0.324. The fraction of sp³-hybridized carbons (Fsp3) is 0.400. The number of carbonyl (C=O) groups is 1. The Morgan fingerprint density at radius 3 is 2.56 bits per heavy atom. The summed E-state index contributed by atoms with van der Waals surface area (Å²) in [5.41, 5.74) is 12.2. The van der Waals surface area contributed by atoms with Crippen molar-refractivity contribution in [1.82, 2.24) is 4.98 Å². The second kappa shape index (κ2) is 5.16. The minimum absolute atomic E-state index is 0.0805. The van der Waals surface area contributed by atoms with Gasteiger partial charge in [0.1, 0.15) is 6.04 Å². The number of nitrogen functional groups attached to an aromatic ring is 1. The van der Waals surface area contributed by atoms with Crippen LogP contribution in [-0.4, -0.2) is 16.9 Å². The van der Waals surface area contributed by atoms with Crippen LogP contribution < -0.4 is 16.8 Å². The van der Waals surface area contributed by atoms with Gasteiger partial charge >= 0.3 is 0 Å². The normalized spacial score (nSPS) is 12.5. The Morgan fingerprint density at radius 1 is 1.50 bits per heavy atom. The zero-order chi connectivity index (χ0) is 12.3. The third-order valence-corrected chi connectivity index (χ3v) is 2.80. The van der Waals surface area contributed by atoms with E-state index in [1.165, 1.54) is 6.20 Å². The van der Waals surface area contributed by atoms with E-state index in [0.29, 0.717) is 15.8 Å². The highest BCUT2D eigenvalue weighted by Gasteiger charge is 2.21. The molecule has 0 aliphatic heterocycles. The molecule has 0 radical (unpaired) electrons. The van der Waals surface area contributed by atoms with Gasteiger partial charge in [0, 0.05) is 6.20 Å². The molecule has 1 amide bonds. The predicted octanol–water partition coefficient (Wildman–Crippen LogP) is 1.35. The minimum Gasteiger partial charge on any atom is -0.396 e. The first kappa shape index (κ1) is 12.8. The quantitative estimate of drug-likeness (QED) is 0.779. The van der Waals surface area contributed by atoms with Crippen LogP contribution in [0.25, 0.3) is 0 Å². The molecule has 0 aliphatic rings. The standard InChI is InChI=1S/C10H15BrN4O/c1-5(2)8(10(13)16)15-9-6(11)3-14-4-7(9)12/h3-5,8H,12H2,1-2H3,(H2,13,16)(H,14,15). The maximum absolute atomic E-state index is 11.3. The van der Waals surface area contributed by atoms with Crippen molar-refractivity contribution in [3.05, 3.63) is 16.9 Å². The monoisotopic (exact) mass is 286 g/mol. The van der Waals surface area contributed by atoms with Crippen LogP contribution in [-0.2, 0) is 4.79 Å². The van der Waals surface area contributed by atoms with Gasteiger partial charge in [-0.15, -0.1) is 0 Å². The van der Waals surface area contributed by atoms with Crippen LogP contribution in [0.4, 0.5) is 11.4 Å². The average Bonchev–Trinajstić information content (AvgIpc) is 2.15. The fourth-order valence-corrected chi connectivity index (χ4v) is 1.79. The van der Waals surface area contributed by atoms with E-state index in [-0.39, 0.29) is 5.92 Å². The largest absolute Gasteiger partial charge is 0.396 e. The average molecular weight is 287 g/mol. The van der Waals surface area contributed by atoms with Crippen LogP contribution in [0.1, 0.15) is 13.8 Å². The molecule has 0 spiro atoms. The second-order valence-electron chi connectivity index (χ2n) is 3.85. The number of nitrogens with zero attached hydrogens (tertiary/aromatic N) is 1. The highest BCUT2D eigenvalue weighted by molar-refractivity contribution is 9.10. The summed E-state index contributed by atoms with van der Waals surface area (Å²) in [6, 6.07) is -0.457. The molecule has 5 nitrogen and oxygen atoms in total. The highest BCUT2D eigenvalue weighted by atomic mass is 79.9. The lowest BCUT2D eigenvalue weighted by atomic mass is 10.0. The number of primary amides is 1. The van der Waals surface area contributed by atoms with Crippen molar-refractivity contribution in [1.29, 1.82) is 0 Å². The van der Waals surface area contributed by atoms with E-state index in [4.69, 9.17) is 11.5 Å². The SMILES string of the molecule is CC(C)C(Nc1c(N)cncc1Br)C(N)=O. The molecule has 6 heteroatoms. The van der Waals surface area contributed by atoms with Gasteiger partial charge < -0.3 is 16.8 Å². The number of hydrogen-bond acceptors (Lipinski definition) is 4. The second-order valence-corrected chi connectivity index (χ2v) is 4.71. The number of aromatic nitrogens is 1. The molecule has 0 aliphatic carbocycles. The summed E-state index contributed by atoms with van der Waals surface area (Å²) < 4.78 is 0.708. The molecular formula is C10H15BrN4O. The van der Waals surface area contributed by atoms with Gasteiger partial charge in [0.2, 0.25) is 5.91 Å². The summed E-state index contributed by atoms with van der Waals surface area (Å²) in [6.45, 7) is 3.82. The van der Waals surface area contributed by atoms with E-state index < -0.39 is 11.9 Å². The summed E-state index contributed by atoms with van der Waals surface area (Å²) >= 11 is 3.32. The Bertz CT molecular complexity index is 374. The number of amides is 1. The van der Waals surface area contributed by atoms with Gasteiger partial charge in [-0.05, 0) is 21.8 Å². The Labute approximate surface area is 103 Å². The molecule has 1 aromatic rings. The first-order valence-electron chi connectivity index (χ1n) is 4.88. The van der Waals surface area contributed by atoms with Crippen LogP contribution in [0.3, 0.4) is 0 Å². The molecule has 0 saturated heterocycles. The van der Waals surface area contributed by atoms with E-state index in [1.807, 2.05) is 13.8 Å². The first-order chi connectivity index (χ1) is 7.43. The molecule has 88 valence electrons. The Kier molecular flexibility index (Phi) is 4.12. The molecular weight excluding hydrogens is 272 g/mol. The Balaban J connectivity index is 2.98. The lowest BCUT2D eigenvalue weighted by Crippen LogP contribution is -2.39. The summed E-state index contributed by atoms with van der Waals surface area (Å²) in [4.78, 5) is 15.2. The molecule has 0 bridgehead atoms. The summed E-state index contributed by atoms with van der Waals surface area (Å²) in [6.07, 6.45) is 3.13. The van der Waals surface area contributed by atoms with E-state index >= 15 is 0 Å². The molecule has 1 atom stereocenters. The molecule has 0 fully saturated rings. The minimum atomic E-state index is -0.457. The van der Waals surface area contributed by atoms with Gasteiger partial charge in [-0.2, -0.15) is 0 Å². The Hall–Kier alpha value is -1.30. The molecule has 0 aromatic carbocycles. The topological polar surface area (TPSA) is 94.0 Å². The number of nitrogens with two attached hydrogens (primary N) is 2. The molecule has 16 heavy (non-hydrogen) atoms. The maximum Gasteiger partial charge on any atom is 0.240 e. The Morgan fingerprint density at radius 2 is 2.12 bits per heavy atom. The lowest BCUT2D eigenvalue weighted by molar-refractivity contribution is -0.119.